The van der Waals surface area contributed by atoms with Crippen LogP contribution in [0.5, 0.6) is 5.75 Å². The zero-order chi connectivity index (χ0) is 19.8. The minimum Gasteiger partial charge on any atom is -0.497 e. The second kappa shape index (κ2) is 7.10. The molecule has 0 atom stereocenters. The predicted molar refractivity (Wildman–Crippen MR) is 107 cm³/mol. The number of aryl methyl sites for hydroxylation is 2. The summed E-state index contributed by atoms with van der Waals surface area (Å²) in [6.07, 6.45) is 0. The number of nitrogens with one attached hydrogen (secondary N) is 1. The molecule has 0 aliphatic carbocycles. The van der Waals surface area contributed by atoms with Crippen LogP contribution in [-0.2, 0) is 0 Å². The summed E-state index contributed by atoms with van der Waals surface area (Å²) in [6, 6.07) is 9.80. The number of piperazine rings is 1. The number of methoxy groups -OCH3 is 1. The van der Waals surface area contributed by atoms with Crippen molar-refractivity contribution < 1.29 is 9.53 Å². The average Bonchev–Trinajstić information content (AvgIpc) is 2.60. The molecule has 0 unspecified atom stereocenters. The highest BCUT2D eigenvalue weighted by molar-refractivity contribution is 5.95. The molecule has 2 heterocycles. The zero-order valence-corrected chi connectivity index (χ0v) is 16.6. The largest absolute Gasteiger partial charge is 0.497 e. The number of hydrogen-bond donors (Lipinski definition) is 1. The number of pyridine rings is 1. The summed E-state index contributed by atoms with van der Waals surface area (Å²) < 4.78 is 5.23. The van der Waals surface area contributed by atoms with Gasteiger partial charge in [0.1, 0.15) is 11.3 Å². The third kappa shape index (κ3) is 3.70. The summed E-state index contributed by atoms with van der Waals surface area (Å²) in [7, 11) is 1.65. The second-order valence-electron chi connectivity index (χ2n) is 7.73. The van der Waals surface area contributed by atoms with Gasteiger partial charge in [0.05, 0.1) is 12.6 Å². The summed E-state index contributed by atoms with van der Waals surface area (Å²) in [4.78, 5) is 32.2. The van der Waals surface area contributed by atoms with Crippen LogP contribution in [0.15, 0.2) is 35.1 Å². The van der Waals surface area contributed by atoms with Crippen LogP contribution in [0, 0.1) is 13.8 Å². The smallest absolute Gasteiger partial charge is 0.261 e. The molecule has 1 saturated heterocycles. The molecule has 2 aromatic rings. The van der Waals surface area contributed by atoms with Gasteiger partial charge in [-0.25, -0.2) is 0 Å². The molecule has 27 heavy (non-hydrogen) atoms. The van der Waals surface area contributed by atoms with Gasteiger partial charge in [0.25, 0.3) is 11.5 Å². The van der Waals surface area contributed by atoms with Gasteiger partial charge in [0.15, 0.2) is 0 Å². The van der Waals surface area contributed by atoms with Crippen molar-refractivity contribution in [2.24, 2.45) is 0 Å². The molecule has 1 aromatic heterocycles. The van der Waals surface area contributed by atoms with Crippen LogP contribution < -0.4 is 15.2 Å². The van der Waals surface area contributed by atoms with E-state index in [1.165, 1.54) is 0 Å². The SMILES string of the molecule is COc1ccc(N2CCN(C(=O)c3c(C)cc(C)[nH]c3=O)CC2(C)C)cc1. The predicted octanol–water partition coefficient (Wildman–Crippen LogP) is 2.74. The van der Waals surface area contributed by atoms with Crippen LogP contribution in [0.2, 0.25) is 0 Å². The van der Waals surface area contributed by atoms with E-state index in [9.17, 15) is 9.59 Å². The van der Waals surface area contributed by atoms with Crippen molar-refractivity contribution in [3.05, 3.63) is 57.5 Å². The van der Waals surface area contributed by atoms with E-state index in [-0.39, 0.29) is 22.6 Å². The molecular weight excluding hydrogens is 342 g/mol. The number of carbonyl (C=O) groups is 1. The normalized spacial score (nSPS) is 16.3. The number of ether oxygens (including phenoxy) is 1. The minimum atomic E-state index is -0.312. The number of carbonyl (C=O) groups excluding carboxylic acids is 1. The Kier molecular flexibility index (Phi) is 5.00. The highest BCUT2D eigenvalue weighted by atomic mass is 16.5. The van der Waals surface area contributed by atoms with Gasteiger partial charge in [0.2, 0.25) is 0 Å². The third-order valence-corrected chi connectivity index (χ3v) is 5.15. The first kappa shape index (κ1) is 19.0. The topological polar surface area (TPSA) is 65.6 Å². The van der Waals surface area contributed by atoms with Gasteiger partial charge < -0.3 is 19.5 Å². The number of H-pyrrole nitrogens is 1. The monoisotopic (exact) mass is 369 g/mol. The highest BCUT2D eigenvalue weighted by Gasteiger charge is 2.36. The number of benzene rings is 1. The number of aromatic amines is 1. The molecule has 6 nitrogen and oxygen atoms in total. The van der Waals surface area contributed by atoms with E-state index in [1.54, 1.807) is 12.0 Å². The first-order valence-corrected chi connectivity index (χ1v) is 9.14. The van der Waals surface area contributed by atoms with E-state index in [0.29, 0.717) is 19.6 Å². The van der Waals surface area contributed by atoms with Crippen LogP contribution in [0.1, 0.15) is 35.5 Å². The van der Waals surface area contributed by atoms with Crippen LogP contribution in [0.3, 0.4) is 0 Å². The lowest BCUT2D eigenvalue weighted by Gasteiger charge is -2.48. The molecule has 1 aromatic carbocycles. The van der Waals surface area contributed by atoms with Crippen LogP contribution in [-0.4, -0.2) is 48.1 Å². The van der Waals surface area contributed by atoms with E-state index in [0.717, 1.165) is 22.7 Å². The standard InChI is InChI=1S/C21H27N3O3/c1-14-12-15(2)22-19(25)18(14)20(26)23-10-11-24(21(3,4)13-23)16-6-8-17(27-5)9-7-16/h6-9,12H,10-11,13H2,1-5H3,(H,22,25). The molecule has 0 spiro atoms. The maximum Gasteiger partial charge on any atom is 0.261 e. The Morgan fingerprint density at radius 2 is 1.81 bits per heavy atom. The Balaban J connectivity index is 1.82. The maximum atomic E-state index is 13.0. The van der Waals surface area contributed by atoms with Crippen molar-refractivity contribution >= 4 is 11.6 Å². The van der Waals surface area contributed by atoms with E-state index in [2.05, 4.69) is 23.7 Å². The molecule has 1 fully saturated rings. The highest BCUT2D eigenvalue weighted by Crippen LogP contribution is 2.30. The third-order valence-electron chi connectivity index (χ3n) is 5.15. The van der Waals surface area contributed by atoms with Crippen molar-refractivity contribution in [1.82, 2.24) is 9.88 Å². The number of rotatable bonds is 3. The van der Waals surface area contributed by atoms with Gasteiger partial charge in [-0.3, -0.25) is 9.59 Å². The first-order valence-electron chi connectivity index (χ1n) is 9.14. The van der Waals surface area contributed by atoms with Crippen molar-refractivity contribution in [2.45, 2.75) is 33.2 Å². The van der Waals surface area contributed by atoms with Crippen molar-refractivity contribution in [3.63, 3.8) is 0 Å². The van der Waals surface area contributed by atoms with Gasteiger partial charge >= 0.3 is 0 Å². The molecule has 1 N–H and O–H groups in total. The second-order valence-corrected chi connectivity index (χ2v) is 7.73. The van der Waals surface area contributed by atoms with Crippen molar-refractivity contribution in [1.29, 1.82) is 0 Å². The fourth-order valence-corrected chi connectivity index (χ4v) is 3.85. The van der Waals surface area contributed by atoms with E-state index < -0.39 is 0 Å². The van der Waals surface area contributed by atoms with Gasteiger partial charge in [-0.15, -0.1) is 0 Å². The van der Waals surface area contributed by atoms with Crippen molar-refractivity contribution in [3.8, 4) is 5.75 Å². The average molecular weight is 369 g/mol. The van der Waals surface area contributed by atoms with Crippen LogP contribution in [0.4, 0.5) is 5.69 Å². The number of amides is 1. The summed E-state index contributed by atoms with van der Waals surface area (Å²) in [5.41, 5.74) is 2.25. The zero-order valence-electron chi connectivity index (χ0n) is 16.6. The molecule has 3 rings (SSSR count). The van der Waals surface area contributed by atoms with Gasteiger partial charge in [0, 0.05) is 31.0 Å². The Morgan fingerprint density at radius 3 is 2.37 bits per heavy atom. The molecular formula is C21H27N3O3. The van der Waals surface area contributed by atoms with Gasteiger partial charge in [-0.1, -0.05) is 0 Å². The Hall–Kier alpha value is -2.76. The Labute approximate surface area is 159 Å². The first-order chi connectivity index (χ1) is 12.7. The lowest BCUT2D eigenvalue weighted by Crippen LogP contribution is -2.61. The molecule has 1 amide bonds. The summed E-state index contributed by atoms with van der Waals surface area (Å²) in [5, 5.41) is 0. The molecule has 0 radical (unpaired) electrons. The summed E-state index contributed by atoms with van der Waals surface area (Å²) in [5.74, 6) is 0.621. The molecule has 1 aliphatic heterocycles. The van der Waals surface area contributed by atoms with Crippen LogP contribution >= 0.6 is 0 Å². The number of nitrogens with zero attached hydrogens (tertiary/aromatic N) is 2. The Morgan fingerprint density at radius 1 is 1.15 bits per heavy atom. The quantitative estimate of drug-likeness (QED) is 0.903. The lowest BCUT2D eigenvalue weighted by atomic mass is 9.96. The van der Waals surface area contributed by atoms with Gasteiger partial charge in [-0.05, 0) is 63.6 Å². The molecule has 0 bridgehead atoms. The fourth-order valence-electron chi connectivity index (χ4n) is 3.85. The number of anilines is 1. The maximum absolute atomic E-state index is 13.0. The molecule has 6 heteroatoms. The van der Waals surface area contributed by atoms with E-state index in [4.69, 9.17) is 4.74 Å². The van der Waals surface area contributed by atoms with E-state index >= 15 is 0 Å². The number of hydrogen-bond acceptors (Lipinski definition) is 4. The fraction of sp³-hybridized carbons (Fsp3) is 0.429. The number of aromatic nitrogens is 1. The lowest BCUT2D eigenvalue weighted by molar-refractivity contribution is 0.0683. The molecule has 1 aliphatic rings. The minimum absolute atomic E-state index is 0.198. The molecule has 0 saturated carbocycles. The van der Waals surface area contributed by atoms with Gasteiger partial charge in [-0.2, -0.15) is 0 Å². The van der Waals surface area contributed by atoms with Crippen LogP contribution in [0.25, 0.3) is 0 Å². The molecule has 144 valence electrons. The Bertz CT molecular complexity index is 900. The van der Waals surface area contributed by atoms with Crippen molar-refractivity contribution in [2.75, 3.05) is 31.6 Å². The van der Waals surface area contributed by atoms with E-state index in [1.807, 2.05) is 44.2 Å². The summed E-state index contributed by atoms with van der Waals surface area (Å²) in [6.45, 7) is 9.68. The summed E-state index contributed by atoms with van der Waals surface area (Å²) >= 11 is 0.